The molecule has 8 nitrogen and oxygen atoms in total. The van der Waals surface area contributed by atoms with Crippen LogP contribution in [0.4, 0.5) is 5.69 Å². The van der Waals surface area contributed by atoms with Crippen molar-refractivity contribution >= 4 is 50.7 Å². The fraction of sp³-hybridized carbons (Fsp3) is 0.138. The van der Waals surface area contributed by atoms with Gasteiger partial charge in [0, 0.05) is 24.6 Å². The van der Waals surface area contributed by atoms with Gasteiger partial charge < -0.3 is 4.74 Å². The SMILES string of the molecule is CC(=O)Oc1ccc(/C=c2/sc3n(c2=O)[C@H](c2cccc([N+](=O)[O-])c2)C2=C(N=3)c3ccccc3CC2)cc1Br. The Bertz CT molecular complexity index is 1910. The van der Waals surface area contributed by atoms with Gasteiger partial charge in [0.2, 0.25) is 0 Å². The first-order valence-electron chi connectivity index (χ1n) is 12.2. The van der Waals surface area contributed by atoms with Gasteiger partial charge in [0.25, 0.3) is 11.2 Å². The Morgan fingerprint density at radius 1 is 1.15 bits per heavy atom. The van der Waals surface area contributed by atoms with Crippen molar-refractivity contribution in [1.29, 1.82) is 0 Å². The molecule has 39 heavy (non-hydrogen) atoms. The smallest absolute Gasteiger partial charge is 0.308 e. The van der Waals surface area contributed by atoms with Crippen molar-refractivity contribution in [2.24, 2.45) is 4.99 Å². The van der Waals surface area contributed by atoms with Crippen molar-refractivity contribution < 1.29 is 14.5 Å². The zero-order valence-electron chi connectivity index (χ0n) is 20.6. The van der Waals surface area contributed by atoms with Gasteiger partial charge >= 0.3 is 5.97 Å². The van der Waals surface area contributed by atoms with Crippen molar-refractivity contribution in [3.05, 3.63) is 129 Å². The molecule has 0 N–H and O–H groups in total. The molecule has 194 valence electrons. The average molecular weight is 602 g/mol. The summed E-state index contributed by atoms with van der Waals surface area (Å²) in [5.74, 6) is -0.0402. The number of esters is 1. The molecule has 1 atom stereocenters. The van der Waals surface area contributed by atoms with Crippen molar-refractivity contribution in [3.63, 3.8) is 0 Å². The number of ether oxygens (including phenoxy) is 1. The highest BCUT2D eigenvalue weighted by Crippen LogP contribution is 2.41. The van der Waals surface area contributed by atoms with Gasteiger partial charge in [0.05, 0.1) is 25.7 Å². The normalized spacial score (nSPS) is 16.2. The number of non-ortho nitro benzene ring substituents is 1. The summed E-state index contributed by atoms with van der Waals surface area (Å²) in [7, 11) is 0. The second-order valence-electron chi connectivity index (χ2n) is 9.25. The van der Waals surface area contributed by atoms with E-state index in [4.69, 9.17) is 9.73 Å². The zero-order chi connectivity index (χ0) is 27.3. The number of halogens is 1. The molecular formula is C29H20BrN3O5S. The zero-order valence-corrected chi connectivity index (χ0v) is 23.0. The van der Waals surface area contributed by atoms with E-state index in [1.165, 1.54) is 29.9 Å². The minimum absolute atomic E-state index is 0.0253. The molecule has 0 saturated carbocycles. The molecule has 2 aliphatic rings. The fourth-order valence-corrected chi connectivity index (χ4v) is 6.61. The van der Waals surface area contributed by atoms with E-state index < -0.39 is 16.9 Å². The Balaban J connectivity index is 1.56. The van der Waals surface area contributed by atoms with Crippen LogP contribution in [0.5, 0.6) is 5.75 Å². The average Bonchev–Trinajstić information content (AvgIpc) is 3.23. The Kier molecular flexibility index (Phi) is 6.36. The van der Waals surface area contributed by atoms with E-state index in [2.05, 4.69) is 22.0 Å². The number of hydrogen-bond acceptors (Lipinski definition) is 7. The lowest BCUT2D eigenvalue weighted by Crippen LogP contribution is -2.38. The largest absolute Gasteiger partial charge is 0.426 e. The van der Waals surface area contributed by atoms with Gasteiger partial charge in [-0.25, -0.2) is 4.99 Å². The highest BCUT2D eigenvalue weighted by Gasteiger charge is 2.33. The molecule has 0 fully saturated rings. The van der Waals surface area contributed by atoms with Gasteiger partial charge in [-0.05, 0) is 69.2 Å². The Morgan fingerprint density at radius 3 is 2.74 bits per heavy atom. The van der Waals surface area contributed by atoms with Crippen molar-refractivity contribution in [2.45, 2.75) is 25.8 Å². The number of allylic oxidation sites excluding steroid dienone is 1. The molecular weight excluding hydrogens is 582 g/mol. The minimum Gasteiger partial charge on any atom is -0.426 e. The third-order valence-electron chi connectivity index (χ3n) is 6.78. The van der Waals surface area contributed by atoms with Crippen LogP contribution >= 0.6 is 27.3 Å². The van der Waals surface area contributed by atoms with Crippen LogP contribution in [0.15, 0.2) is 86.6 Å². The van der Waals surface area contributed by atoms with Crippen LogP contribution in [-0.2, 0) is 11.2 Å². The van der Waals surface area contributed by atoms with E-state index in [0.717, 1.165) is 28.8 Å². The maximum atomic E-state index is 13.9. The fourth-order valence-electron chi connectivity index (χ4n) is 5.13. The van der Waals surface area contributed by atoms with Gasteiger partial charge in [0.1, 0.15) is 5.75 Å². The van der Waals surface area contributed by atoms with Crippen LogP contribution in [0.1, 0.15) is 41.6 Å². The Morgan fingerprint density at radius 2 is 1.97 bits per heavy atom. The first-order valence-corrected chi connectivity index (χ1v) is 13.8. The van der Waals surface area contributed by atoms with E-state index in [-0.39, 0.29) is 11.2 Å². The molecule has 2 heterocycles. The number of nitro benzene ring substituents is 1. The van der Waals surface area contributed by atoms with E-state index >= 15 is 0 Å². The summed E-state index contributed by atoms with van der Waals surface area (Å²) in [6.45, 7) is 1.33. The van der Waals surface area contributed by atoms with Gasteiger partial charge in [-0.3, -0.25) is 24.3 Å². The number of thiazole rings is 1. The topological polar surface area (TPSA) is 104 Å². The number of rotatable bonds is 4. The van der Waals surface area contributed by atoms with Crippen molar-refractivity contribution in [2.75, 3.05) is 0 Å². The Labute approximate surface area is 234 Å². The quantitative estimate of drug-likeness (QED) is 0.143. The molecule has 0 radical (unpaired) electrons. The molecule has 4 aromatic rings. The number of hydrogen-bond donors (Lipinski definition) is 0. The second-order valence-corrected chi connectivity index (χ2v) is 11.1. The molecule has 0 bridgehead atoms. The summed E-state index contributed by atoms with van der Waals surface area (Å²) >= 11 is 4.70. The molecule has 0 spiro atoms. The summed E-state index contributed by atoms with van der Waals surface area (Å²) < 4.78 is 7.90. The van der Waals surface area contributed by atoms with Crippen molar-refractivity contribution in [3.8, 4) is 5.75 Å². The van der Waals surface area contributed by atoms with E-state index in [1.54, 1.807) is 41.0 Å². The molecule has 1 aliphatic carbocycles. The maximum Gasteiger partial charge on any atom is 0.308 e. The number of aromatic nitrogens is 1. The van der Waals surface area contributed by atoms with E-state index in [1.807, 2.05) is 24.3 Å². The van der Waals surface area contributed by atoms with Crippen LogP contribution in [-0.4, -0.2) is 15.5 Å². The number of carbonyl (C=O) groups excluding carboxylic acids is 1. The number of carbonyl (C=O) groups is 1. The van der Waals surface area contributed by atoms with Gasteiger partial charge in [-0.2, -0.15) is 0 Å². The molecule has 6 rings (SSSR count). The summed E-state index contributed by atoms with van der Waals surface area (Å²) in [4.78, 5) is 41.9. The van der Waals surface area contributed by atoms with Crippen LogP contribution in [0.3, 0.4) is 0 Å². The van der Waals surface area contributed by atoms with Gasteiger partial charge in [0.15, 0.2) is 4.80 Å². The molecule has 1 aromatic heterocycles. The van der Waals surface area contributed by atoms with E-state index in [0.29, 0.717) is 31.5 Å². The minimum atomic E-state index is -0.510. The lowest BCUT2D eigenvalue weighted by Gasteiger charge is -2.30. The lowest BCUT2D eigenvalue weighted by atomic mass is 9.83. The van der Waals surface area contributed by atoms with Crippen LogP contribution < -0.4 is 19.6 Å². The Hall–Kier alpha value is -4.15. The number of aryl methyl sites for hydroxylation is 1. The first kappa shape index (κ1) is 25.1. The molecule has 0 amide bonds. The van der Waals surface area contributed by atoms with Crippen LogP contribution in [0, 0.1) is 10.1 Å². The molecule has 3 aromatic carbocycles. The second kappa shape index (κ2) is 9.87. The van der Waals surface area contributed by atoms with Crippen molar-refractivity contribution in [1.82, 2.24) is 4.57 Å². The number of fused-ring (bicyclic) bond motifs is 3. The number of benzene rings is 3. The number of nitrogens with zero attached hydrogens (tertiary/aromatic N) is 3. The number of nitro groups is 1. The van der Waals surface area contributed by atoms with Crippen LogP contribution in [0.25, 0.3) is 11.8 Å². The summed E-state index contributed by atoms with van der Waals surface area (Å²) in [5.41, 5.74) is 5.18. The monoisotopic (exact) mass is 601 g/mol. The highest BCUT2D eigenvalue weighted by atomic mass is 79.9. The summed E-state index contributed by atoms with van der Waals surface area (Å²) in [6, 6.07) is 19.3. The van der Waals surface area contributed by atoms with Gasteiger partial charge in [-0.15, -0.1) is 0 Å². The highest BCUT2D eigenvalue weighted by molar-refractivity contribution is 9.10. The molecule has 10 heteroatoms. The summed E-state index contributed by atoms with van der Waals surface area (Å²) in [5, 5.41) is 11.6. The standard InChI is InChI=1S/C29H20BrN3O5S/c1-16(34)38-24-12-9-17(13-23(24)30)14-25-28(35)32-27(19-6-4-7-20(15-19)33(36)37)22-11-10-18-5-2-3-8-21(18)26(22)31-29(32)39-25/h2-9,12-15,27H,10-11H2,1H3/b25-14+/t27-/m1/s1. The predicted octanol–water partition coefficient (Wildman–Crippen LogP) is 4.91. The predicted molar refractivity (Wildman–Crippen MR) is 151 cm³/mol. The third-order valence-corrected chi connectivity index (χ3v) is 8.38. The first-order chi connectivity index (χ1) is 18.8. The molecule has 0 saturated heterocycles. The lowest BCUT2D eigenvalue weighted by molar-refractivity contribution is -0.384. The van der Waals surface area contributed by atoms with Crippen LogP contribution in [0.2, 0.25) is 0 Å². The van der Waals surface area contributed by atoms with Gasteiger partial charge in [-0.1, -0.05) is 53.8 Å². The maximum absolute atomic E-state index is 13.9. The molecule has 0 unspecified atom stereocenters. The summed E-state index contributed by atoms with van der Waals surface area (Å²) in [6.07, 6.45) is 3.26. The molecule has 1 aliphatic heterocycles. The van der Waals surface area contributed by atoms with E-state index in [9.17, 15) is 19.7 Å². The third kappa shape index (κ3) is 4.55.